The van der Waals surface area contributed by atoms with Gasteiger partial charge in [-0.05, 0) is 116 Å². The first-order valence-corrected chi connectivity index (χ1v) is 30.6. The molecular weight excluding hydrogens is 1120 g/mol. The minimum absolute atomic E-state index is 0.0708. The summed E-state index contributed by atoms with van der Waals surface area (Å²) in [6.07, 6.45) is -30.5. The lowest BCUT2D eigenvalue weighted by atomic mass is 9.33. The Labute approximate surface area is 494 Å². The second-order valence-corrected chi connectivity index (χ2v) is 28.6. The average molecular weight is 1220 g/mol. The molecule has 5 saturated heterocycles. The highest BCUT2D eigenvalue weighted by atomic mass is 16.8. The van der Waals surface area contributed by atoms with Crippen LogP contribution in [0.5, 0.6) is 0 Å². The predicted molar refractivity (Wildman–Crippen MR) is 288 cm³/mol. The second-order valence-electron chi connectivity index (χ2n) is 28.6. The molecule has 9 fully saturated rings. The standard InChI is InChI=1S/C59H96O26/c1-24-34(63)46(83-49-43(72)40(69)36(65)28(21-61)79-49)45(74)51(77-24)84-47-38(67)30(81-48-42(71)39(68)35(64)27(20-60)78-48)23-76-52(47)82-33-12-13-56(6)31(55(33,4)5)11-14-58(8)32(56)10-9-25-26-19-54(2,3)15-17-59(26,18-16-57(25,58)7)53(75)85-50-44(73)41(70)37(66)29(22-62)80-50/h9,24,26-52,60-74H,10-23H2,1-8H3. The molecule has 10 rings (SSSR count). The first kappa shape index (κ1) is 66.2. The zero-order chi connectivity index (χ0) is 62.0. The predicted octanol–water partition coefficient (Wildman–Crippen LogP) is -2.54. The van der Waals surface area contributed by atoms with Crippen LogP contribution < -0.4 is 0 Å². The van der Waals surface area contributed by atoms with Gasteiger partial charge in [-0.2, -0.15) is 0 Å². The molecule has 0 bridgehead atoms. The van der Waals surface area contributed by atoms with Gasteiger partial charge >= 0.3 is 5.97 Å². The summed E-state index contributed by atoms with van der Waals surface area (Å²) in [7, 11) is 0. The highest BCUT2D eigenvalue weighted by Gasteiger charge is 2.70. The molecule has 5 aliphatic heterocycles. The number of ether oxygens (including phenoxy) is 10. The van der Waals surface area contributed by atoms with Gasteiger partial charge in [0.2, 0.25) is 6.29 Å². The number of rotatable bonds is 13. The number of carbonyl (C=O) groups excluding carboxylic acids is 1. The van der Waals surface area contributed by atoms with Crippen molar-refractivity contribution in [3.8, 4) is 0 Å². The van der Waals surface area contributed by atoms with Gasteiger partial charge < -0.3 is 124 Å². The van der Waals surface area contributed by atoms with Crippen LogP contribution in [-0.4, -0.2) is 263 Å². The first-order valence-electron chi connectivity index (χ1n) is 30.6. The van der Waals surface area contributed by atoms with E-state index in [1.165, 1.54) is 12.5 Å². The van der Waals surface area contributed by atoms with E-state index in [1.807, 2.05) is 0 Å². The van der Waals surface area contributed by atoms with E-state index in [9.17, 15) is 81.4 Å². The van der Waals surface area contributed by atoms with Gasteiger partial charge in [-0.3, -0.25) is 4.79 Å². The smallest absolute Gasteiger partial charge is 0.315 e. The Hall–Kier alpha value is -1.75. The summed E-state index contributed by atoms with van der Waals surface area (Å²) >= 11 is 0. The van der Waals surface area contributed by atoms with Crippen molar-refractivity contribution in [1.82, 2.24) is 0 Å². The van der Waals surface area contributed by atoms with Gasteiger partial charge in [0, 0.05) is 0 Å². The number of aliphatic hydroxyl groups excluding tert-OH is 15. The van der Waals surface area contributed by atoms with Crippen molar-refractivity contribution in [2.45, 2.75) is 273 Å². The van der Waals surface area contributed by atoms with Crippen molar-refractivity contribution in [1.29, 1.82) is 0 Å². The van der Waals surface area contributed by atoms with Gasteiger partial charge in [-0.15, -0.1) is 0 Å². The third-order valence-corrected chi connectivity index (χ3v) is 23.1. The monoisotopic (exact) mass is 1220 g/mol. The summed E-state index contributed by atoms with van der Waals surface area (Å²) in [6.45, 7) is 14.8. The van der Waals surface area contributed by atoms with Crippen molar-refractivity contribution < 1.29 is 129 Å². The zero-order valence-corrected chi connectivity index (χ0v) is 49.8. The molecule has 32 unspecified atom stereocenters. The van der Waals surface area contributed by atoms with E-state index in [2.05, 4.69) is 54.5 Å². The van der Waals surface area contributed by atoms with Crippen LogP contribution in [0, 0.1) is 50.2 Å². The average Bonchev–Trinajstić information content (AvgIpc) is 0.706. The van der Waals surface area contributed by atoms with Crippen LogP contribution in [0.2, 0.25) is 0 Å². The highest BCUT2D eigenvalue weighted by Crippen LogP contribution is 2.76. The SMILES string of the molecule is CC1OC(OC2C(OC3CCC4(C)C(CCC5(C)C4CC=C4C6CC(C)(C)CCC6(C(=O)OC6OC(CO)C(O)C(O)C6O)CCC45C)C3(C)C)OCC(OC3OC(CO)C(O)C(O)C3O)C2O)C(O)C(OC2OC(CO)C(O)C(O)C2O)C1O. The van der Waals surface area contributed by atoms with Gasteiger partial charge in [-0.25, -0.2) is 0 Å². The third-order valence-electron chi connectivity index (χ3n) is 23.1. The van der Waals surface area contributed by atoms with Crippen molar-refractivity contribution in [3.63, 3.8) is 0 Å². The fourth-order valence-electron chi connectivity index (χ4n) is 17.6. The summed E-state index contributed by atoms with van der Waals surface area (Å²) in [5, 5.41) is 161. The Morgan fingerprint density at radius 3 is 1.65 bits per heavy atom. The van der Waals surface area contributed by atoms with Gasteiger partial charge in [0.1, 0.15) is 110 Å². The van der Waals surface area contributed by atoms with Crippen molar-refractivity contribution >= 4 is 5.97 Å². The van der Waals surface area contributed by atoms with Crippen LogP contribution in [0.3, 0.4) is 0 Å². The number of aliphatic hydroxyl groups is 15. The maximum absolute atomic E-state index is 14.8. The molecular formula is C59H96O26. The molecule has 0 radical (unpaired) electrons. The fourth-order valence-corrected chi connectivity index (χ4v) is 17.6. The fraction of sp³-hybridized carbons (Fsp3) is 0.949. The number of esters is 1. The number of hydrogen-bond acceptors (Lipinski definition) is 26. The van der Waals surface area contributed by atoms with E-state index < -0.39 is 197 Å². The number of carbonyl (C=O) groups is 1. The van der Waals surface area contributed by atoms with Crippen LogP contribution in [0.25, 0.3) is 0 Å². The topological polar surface area (TPSA) is 413 Å². The Morgan fingerprint density at radius 1 is 0.529 bits per heavy atom. The normalized spacial score (nSPS) is 54.1. The Bertz CT molecular complexity index is 2360. The molecule has 0 aromatic heterocycles. The highest BCUT2D eigenvalue weighted by molar-refractivity contribution is 5.79. The molecule has 0 aromatic rings. The summed E-state index contributed by atoms with van der Waals surface area (Å²) < 4.78 is 60.7. The maximum atomic E-state index is 14.8. The Morgan fingerprint density at radius 2 is 1.06 bits per heavy atom. The molecule has 0 amide bonds. The minimum Gasteiger partial charge on any atom is -0.432 e. The number of fused-ring (bicyclic) bond motifs is 7. The lowest BCUT2D eigenvalue weighted by molar-refractivity contribution is -0.391. The molecule has 26 nitrogen and oxygen atoms in total. The number of allylic oxidation sites excluding steroid dienone is 2. The molecule has 26 heteroatoms. The molecule has 488 valence electrons. The lowest BCUT2D eigenvalue weighted by Crippen LogP contribution is -2.67. The van der Waals surface area contributed by atoms with E-state index >= 15 is 0 Å². The summed E-state index contributed by atoms with van der Waals surface area (Å²) in [5.41, 5.74) is -1.21. The van der Waals surface area contributed by atoms with Gasteiger partial charge in [-0.1, -0.05) is 60.1 Å². The quantitative estimate of drug-likeness (QED) is 0.0513. The van der Waals surface area contributed by atoms with Crippen molar-refractivity contribution in [2.75, 3.05) is 26.4 Å². The van der Waals surface area contributed by atoms with Crippen LogP contribution in [0.1, 0.15) is 120 Å². The van der Waals surface area contributed by atoms with E-state index in [4.69, 9.17) is 47.4 Å². The van der Waals surface area contributed by atoms with Crippen LogP contribution in [0.15, 0.2) is 11.6 Å². The molecule has 0 spiro atoms. The molecule has 15 N–H and O–H groups in total. The summed E-state index contributed by atoms with van der Waals surface area (Å²) in [6, 6.07) is 0. The second kappa shape index (κ2) is 24.4. The molecule has 4 saturated carbocycles. The summed E-state index contributed by atoms with van der Waals surface area (Å²) in [5.74, 6) is -0.471. The van der Waals surface area contributed by atoms with E-state index in [1.54, 1.807) is 0 Å². The molecule has 0 aromatic carbocycles. The molecule has 10 aliphatic rings. The van der Waals surface area contributed by atoms with Crippen molar-refractivity contribution in [2.24, 2.45) is 50.2 Å². The molecule has 85 heavy (non-hydrogen) atoms. The van der Waals surface area contributed by atoms with E-state index in [-0.39, 0.29) is 39.4 Å². The lowest BCUT2D eigenvalue weighted by Gasteiger charge is -2.71. The van der Waals surface area contributed by atoms with Crippen LogP contribution >= 0.6 is 0 Å². The third kappa shape index (κ3) is 11.1. The van der Waals surface area contributed by atoms with Crippen LogP contribution in [-0.2, 0) is 52.2 Å². The maximum Gasteiger partial charge on any atom is 0.315 e. The van der Waals surface area contributed by atoms with E-state index in [0.29, 0.717) is 25.7 Å². The molecule has 5 heterocycles. The van der Waals surface area contributed by atoms with Crippen LogP contribution in [0.4, 0.5) is 0 Å². The molecule has 32 atom stereocenters. The number of hydrogen-bond donors (Lipinski definition) is 15. The Balaban J connectivity index is 0.897. The summed E-state index contributed by atoms with van der Waals surface area (Å²) in [4.78, 5) is 14.8. The first-order chi connectivity index (χ1) is 39.8. The van der Waals surface area contributed by atoms with E-state index in [0.717, 1.165) is 38.5 Å². The van der Waals surface area contributed by atoms with Crippen molar-refractivity contribution in [3.05, 3.63) is 11.6 Å². The van der Waals surface area contributed by atoms with Gasteiger partial charge in [0.15, 0.2) is 25.2 Å². The molecule has 5 aliphatic carbocycles. The van der Waals surface area contributed by atoms with Gasteiger partial charge in [0.25, 0.3) is 0 Å². The zero-order valence-electron chi connectivity index (χ0n) is 49.8. The Kier molecular flexibility index (Phi) is 19.0. The largest absolute Gasteiger partial charge is 0.432 e. The minimum atomic E-state index is -1.93. The van der Waals surface area contributed by atoms with Gasteiger partial charge in [0.05, 0.1) is 44.1 Å².